The molecule has 0 unspecified atom stereocenters. The zero-order chi connectivity index (χ0) is 79.2. The molecular weight excluding hydrogens is 1690 g/mol. The van der Waals surface area contributed by atoms with E-state index in [1.165, 1.54) is 97.1 Å². The first-order chi connectivity index (χ1) is 48.4. The van der Waals surface area contributed by atoms with E-state index in [9.17, 15) is 104 Å². The monoisotopic (exact) mass is 1760 g/mol. The Hall–Kier alpha value is -1.04. The maximum absolute atomic E-state index is 10.7. The van der Waals surface area contributed by atoms with E-state index in [-0.39, 0.29) is 276 Å². The van der Waals surface area contributed by atoms with Gasteiger partial charge >= 0.3 is 236 Å². The molecule has 0 aliphatic rings. The van der Waals surface area contributed by atoms with E-state index in [0.29, 0.717) is 95.9 Å². The van der Waals surface area contributed by atoms with Gasteiger partial charge in [0.15, 0.2) is 0 Å². The van der Waals surface area contributed by atoms with Crippen LogP contribution in [0.25, 0.3) is 0 Å². The fraction of sp³-hybridized carbons (Fsp3) is 0.111. The van der Waals surface area contributed by atoms with E-state index in [2.05, 4.69) is 52.6 Å². The summed E-state index contributed by atoms with van der Waals surface area (Å²) in [4.78, 5) is -1.26. The molecule has 0 spiro atoms. The van der Waals surface area contributed by atoms with Crippen LogP contribution in [0.5, 0.6) is 0 Å². The van der Waals surface area contributed by atoms with Gasteiger partial charge in [0.1, 0.15) is 80.9 Å². The first kappa shape index (κ1) is 127. The van der Waals surface area contributed by atoms with Crippen molar-refractivity contribution >= 4 is 80.9 Å². The second-order valence-corrected chi connectivity index (χ2v) is 31.2. The van der Waals surface area contributed by atoms with Gasteiger partial charge in [-0.3, -0.25) is 0 Å². The molecule has 0 atom stereocenters. The Balaban J connectivity index is -0.000000182. The van der Waals surface area contributed by atoms with Crippen LogP contribution in [0.2, 0.25) is 0 Å². The summed E-state index contributed by atoms with van der Waals surface area (Å²) in [7, 11) is -34.8. The van der Waals surface area contributed by atoms with Gasteiger partial charge in [0.25, 0.3) is 0 Å². The molecule has 0 heterocycles. The summed E-state index contributed by atoms with van der Waals surface area (Å²) < 4.78 is 258. The van der Waals surface area contributed by atoms with Crippen LogP contribution in [-0.2, 0) is 132 Å². The largest absolute Gasteiger partial charge is 1.00 e. The second-order valence-electron chi connectivity index (χ2n) is 20.4. The predicted octanol–water partition coefficient (Wildman–Crippen LogP) is -13.4. The molecule has 0 saturated carbocycles. The van der Waals surface area contributed by atoms with E-state index in [0.717, 1.165) is 0 Å². The quantitative estimate of drug-likeness (QED) is 0.0308. The fourth-order valence-electron chi connectivity index (χ4n) is 8.57. The molecule has 40 heteroatoms. The van der Waals surface area contributed by atoms with E-state index in [1.807, 2.05) is 0 Å². The minimum Gasteiger partial charge on any atom is -0.744 e. The molecule has 0 aliphatic carbocycles. The fourth-order valence-corrected chi connectivity index (χ4v) is 14.3. The van der Waals surface area contributed by atoms with Crippen LogP contribution in [0.1, 0.15) is 44.5 Å². The maximum Gasteiger partial charge on any atom is 1.00 e. The molecule has 8 aromatic rings. The molecule has 0 fully saturated rings. The SMILES string of the molecule is C=CCc1ccccc1S(=O)(=O)[O-].C=CCc1ccccc1S(=O)(=O)[O-].C=CCc1ccccc1S(=O)(=O)[O-].C=CCc1ccccc1S(=O)(=O)[O-].C=CCc1ccccc1S(=O)(=O)[O-].C=CCc1ccccc1S(=O)(=O)[O-].C=CCc1ccccc1S(=O)(=O)[O-].C=CCc1ccccc1S(=O)(=O)[O-].[Na+].[Na+].[Na+].[Na+].[Na+].[Na+].[Na+].[Na+]. The third-order valence-corrected chi connectivity index (χ3v) is 20.3. The van der Waals surface area contributed by atoms with Gasteiger partial charge in [-0.25, -0.2) is 67.3 Å². The molecule has 112 heavy (non-hydrogen) atoms. The van der Waals surface area contributed by atoms with Crippen molar-refractivity contribution in [3.63, 3.8) is 0 Å². The molecule has 0 bridgehead atoms. The van der Waals surface area contributed by atoms with Crippen molar-refractivity contribution in [1.29, 1.82) is 0 Å². The van der Waals surface area contributed by atoms with Gasteiger partial charge in [0.05, 0.1) is 39.2 Å². The van der Waals surface area contributed by atoms with E-state index in [4.69, 9.17) is 0 Å². The Labute approximate surface area is 837 Å². The second kappa shape index (κ2) is 63.9. The Morgan fingerprint density at radius 3 is 0.304 bits per heavy atom. The number of hydrogen-bond donors (Lipinski definition) is 0. The summed E-state index contributed by atoms with van der Waals surface area (Å²) in [5.74, 6) is 0. The van der Waals surface area contributed by atoms with Crippen molar-refractivity contribution in [3.05, 3.63) is 340 Å². The Bertz CT molecular complexity index is 4270. The molecule has 0 N–H and O–H groups in total. The standard InChI is InChI=1S/8C9H10O3S.8Na/c8*1-2-5-8-6-3-4-7-9(8)13(10,11)12;;;;;;;;/h8*2-4,6-7H,1,5H2,(H,10,11,12);;;;;;;;/q;;;;;;;;8*+1/p-8. The van der Waals surface area contributed by atoms with Crippen LogP contribution in [-0.4, -0.2) is 104 Å². The summed E-state index contributed by atoms with van der Waals surface area (Å²) in [5, 5.41) is 0. The molecule has 0 radical (unpaired) electrons. The van der Waals surface area contributed by atoms with Gasteiger partial charge < -0.3 is 36.4 Å². The number of rotatable bonds is 24. The predicted molar refractivity (Wildman–Crippen MR) is 386 cm³/mol. The van der Waals surface area contributed by atoms with Crippen LogP contribution in [0.3, 0.4) is 0 Å². The maximum atomic E-state index is 10.7. The van der Waals surface area contributed by atoms with Crippen molar-refractivity contribution in [2.24, 2.45) is 0 Å². The summed E-state index contributed by atoms with van der Waals surface area (Å²) in [6, 6.07) is 49.0. The van der Waals surface area contributed by atoms with E-state index < -0.39 is 80.9 Å². The minimum atomic E-state index is -4.35. The van der Waals surface area contributed by atoms with Crippen LogP contribution in [0.4, 0.5) is 0 Å². The van der Waals surface area contributed by atoms with Crippen molar-refractivity contribution < 1.29 is 340 Å². The number of allylic oxidation sites excluding steroid dienone is 8. The molecule has 0 saturated heterocycles. The summed E-state index contributed by atoms with van der Waals surface area (Å²) in [6.07, 6.45) is 15.6. The van der Waals surface area contributed by atoms with Crippen LogP contribution in [0.15, 0.2) is 335 Å². The Morgan fingerprint density at radius 2 is 0.241 bits per heavy atom. The number of benzene rings is 8. The zero-order valence-electron chi connectivity index (χ0n) is 63.5. The van der Waals surface area contributed by atoms with Crippen LogP contribution < -0.4 is 236 Å². The van der Waals surface area contributed by atoms with Gasteiger partial charge in [-0.1, -0.05) is 194 Å². The third-order valence-electron chi connectivity index (χ3n) is 12.8. The Morgan fingerprint density at radius 1 is 0.170 bits per heavy atom. The van der Waals surface area contributed by atoms with Crippen molar-refractivity contribution in [3.8, 4) is 0 Å². The molecule has 8 aromatic carbocycles. The van der Waals surface area contributed by atoms with E-state index >= 15 is 0 Å². The van der Waals surface area contributed by atoms with Crippen molar-refractivity contribution in [1.82, 2.24) is 0 Å². The minimum absolute atomic E-state index is 0. The van der Waals surface area contributed by atoms with Gasteiger partial charge in [0, 0.05) is 0 Å². The van der Waals surface area contributed by atoms with Crippen LogP contribution in [0, 0.1) is 0 Å². The molecule has 24 nitrogen and oxygen atoms in total. The first-order valence-electron chi connectivity index (χ1n) is 29.6. The average molecular weight is 1760 g/mol. The Kier molecular flexibility index (Phi) is 72.2. The molecule has 0 aromatic heterocycles. The topological polar surface area (TPSA) is 458 Å². The third kappa shape index (κ3) is 50.3. The smallest absolute Gasteiger partial charge is 0.744 e. The molecular formula is C72H72Na8O24S8. The van der Waals surface area contributed by atoms with Gasteiger partial charge in [0.2, 0.25) is 0 Å². The zero-order valence-corrected chi connectivity index (χ0v) is 86.0. The first-order valence-corrected chi connectivity index (χ1v) is 40.9. The van der Waals surface area contributed by atoms with Gasteiger partial charge in [-0.15, -0.1) is 52.6 Å². The molecule has 8 rings (SSSR count). The average Bonchev–Trinajstić information content (AvgIpc) is 0.907. The molecule has 560 valence electrons. The van der Waals surface area contributed by atoms with Crippen LogP contribution >= 0.6 is 0 Å². The summed E-state index contributed by atoms with van der Waals surface area (Å²) in [6.45, 7) is 27.9. The number of hydrogen-bond acceptors (Lipinski definition) is 24. The van der Waals surface area contributed by atoms with Gasteiger partial charge in [-0.2, -0.15) is 0 Å². The van der Waals surface area contributed by atoms with Crippen molar-refractivity contribution in [2.45, 2.75) is 90.5 Å². The summed E-state index contributed by atoms with van der Waals surface area (Å²) in [5.41, 5.74) is 3.94. The van der Waals surface area contributed by atoms with Crippen molar-refractivity contribution in [2.75, 3.05) is 0 Å². The van der Waals surface area contributed by atoms with Gasteiger partial charge in [-0.05, 0) is 144 Å². The normalized spacial score (nSPS) is 10.4. The summed E-state index contributed by atoms with van der Waals surface area (Å²) >= 11 is 0. The molecule has 0 aliphatic heterocycles. The van der Waals surface area contributed by atoms with E-state index in [1.54, 1.807) is 146 Å². The molecule has 0 amide bonds.